The van der Waals surface area contributed by atoms with Gasteiger partial charge >= 0.3 is 0 Å². The molecule has 3 aromatic carbocycles. The fraction of sp³-hybridized carbons (Fsp3) is 0.333. The Bertz CT molecular complexity index is 1170. The molecule has 0 spiro atoms. The standard InChI is InChI=1S/C30H35ClN2O2/c1-21-14-15-22(2)25(16-21)19-28(34)33(20-24-12-9-13-26(31)17-24)27(29(35)32-30(3,4)5)18-23-10-7-6-8-11-23/h6-17,27H,18-20H2,1-5H3,(H,32,35). The highest BCUT2D eigenvalue weighted by molar-refractivity contribution is 6.30. The molecule has 0 bridgehead atoms. The molecule has 0 aromatic heterocycles. The maximum absolute atomic E-state index is 13.9. The average Bonchev–Trinajstić information content (AvgIpc) is 2.78. The van der Waals surface area contributed by atoms with Crippen LogP contribution in [0.15, 0.2) is 72.8 Å². The molecule has 3 rings (SSSR count). The molecule has 0 saturated heterocycles. The van der Waals surface area contributed by atoms with Crippen LogP contribution in [0.5, 0.6) is 0 Å². The number of rotatable bonds is 8. The third kappa shape index (κ3) is 7.97. The van der Waals surface area contributed by atoms with Crippen molar-refractivity contribution in [2.24, 2.45) is 0 Å². The van der Waals surface area contributed by atoms with Crippen molar-refractivity contribution in [1.82, 2.24) is 10.2 Å². The van der Waals surface area contributed by atoms with Gasteiger partial charge in [-0.25, -0.2) is 0 Å². The van der Waals surface area contributed by atoms with Gasteiger partial charge in [0.15, 0.2) is 0 Å². The third-order valence-electron chi connectivity index (χ3n) is 5.86. The molecule has 0 aliphatic rings. The van der Waals surface area contributed by atoms with Crippen molar-refractivity contribution in [2.45, 2.75) is 65.6 Å². The second-order valence-electron chi connectivity index (χ2n) is 10.2. The topological polar surface area (TPSA) is 49.4 Å². The van der Waals surface area contributed by atoms with Crippen LogP contribution >= 0.6 is 11.6 Å². The van der Waals surface area contributed by atoms with Crippen molar-refractivity contribution in [3.63, 3.8) is 0 Å². The largest absolute Gasteiger partial charge is 0.350 e. The fourth-order valence-electron chi connectivity index (χ4n) is 4.09. The van der Waals surface area contributed by atoms with Gasteiger partial charge in [0.1, 0.15) is 6.04 Å². The lowest BCUT2D eigenvalue weighted by Gasteiger charge is -2.34. The van der Waals surface area contributed by atoms with Gasteiger partial charge in [-0.1, -0.05) is 77.8 Å². The molecule has 0 radical (unpaired) electrons. The van der Waals surface area contributed by atoms with Gasteiger partial charge in [-0.3, -0.25) is 9.59 Å². The second kappa shape index (κ2) is 11.5. The number of amides is 2. The first-order valence-corrected chi connectivity index (χ1v) is 12.4. The van der Waals surface area contributed by atoms with Crippen LogP contribution in [-0.4, -0.2) is 28.3 Å². The Labute approximate surface area is 214 Å². The minimum Gasteiger partial charge on any atom is -0.350 e. The number of hydrogen-bond acceptors (Lipinski definition) is 2. The van der Waals surface area contributed by atoms with Gasteiger partial charge in [0, 0.05) is 23.5 Å². The van der Waals surface area contributed by atoms with E-state index >= 15 is 0 Å². The van der Waals surface area contributed by atoms with Gasteiger partial charge in [-0.2, -0.15) is 0 Å². The highest BCUT2D eigenvalue weighted by Crippen LogP contribution is 2.20. The first-order valence-electron chi connectivity index (χ1n) is 12.0. The lowest BCUT2D eigenvalue weighted by Crippen LogP contribution is -2.54. The van der Waals surface area contributed by atoms with Gasteiger partial charge < -0.3 is 10.2 Å². The van der Waals surface area contributed by atoms with Crippen molar-refractivity contribution < 1.29 is 9.59 Å². The summed E-state index contributed by atoms with van der Waals surface area (Å²) in [5, 5.41) is 3.70. The summed E-state index contributed by atoms with van der Waals surface area (Å²) in [4.78, 5) is 29.2. The van der Waals surface area contributed by atoms with E-state index in [1.807, 2.05) is 101 Å². The molecular weight excluding hydrogens is 456 g/mol. The third-order valence-corrected chi connectivity index (χ3v) is 6.09. The molecule has 184 valence electrons. The molecule has 5 heteroatoms. The molecular formula is C30H35ClN2O2. The van der Waals surface area contributed by atoms with E-state index in [0.29, 0.717) is 18.0 Å². The van der Waals surface area contributed by atoms with Gasteiger partial charge in [-0.05, 0) is 69.0 Å². The summed E-state index contributed by atoms with van der Waals surface area (Å²) in [6.07, 6.45) is 0.643. The van der Waals surface area contributed by atoms with Gasteiger partial charge in [0.2, 0.25) is 11.8 Å². The van der Waals surface area contributed by atoms with E-state index in [9.17, 15) is 9.59 Å². The molecule has 35 heavy (non-hydrogen) atoms. The molecule has 1 atom stereocenters. The molecule has 0 aliphatic heterocycles. The zero-order valence-corrected chi connectivity index (χ0v) is 22.0. The Kier molecular flexibility index (Phi) is 8.74. The summed E-state index contributed by atoms with van der Waals surface area (Å²) in [5.74, 6) is -0.263. The van der Waals surface area contributed by atoms with Crippen molar-refractivity contribution in [2.75, 3.05) is 0 Å². The Morgan fingerprint density at radius 3 is 2.26 bits per heavy atom. The normalized spacial score (nSPS) is 12.2. The van der Waals surface area contributed by atoms with Crippen molar-refractivity contribution in [1.29, 1.82) is 0 Å². The lowest BCUT2D eigenvalue weighted by molar-refractivity contribution is -0.141. The van der Waals surface area contributed by atoms with Crippen LogP contribution in [0.4, 0.5) is 0 Å². The van der Waals surface area contributed by atoms with Crippen LogP contribution in [0.25, 0.3) is 0 Å². The van der Waals surface area contributed by atoms with Crippen LogP contribution in [0.2, 0.25) is 5.02 Å². The number of nitrogens with zero attached hydrogens (tertiary/aromatic N) is 1. The molecule has 4 nitrogen and oxygen atoms in total. The number of carbonyl (C=O) groups is 2. The smallest absolute Gasteiger partial charge is 0.243 e. The maximum atomic E-state index is 13.9. The summed E-state index contributed by atoms with van der Waals surface area (Å²) in [6.45, 7) is 10.2. The van der Waals surface area contributed by atoms with Crippen LogP contribution in [0.3, 0.4) is 0 Å². The number of hydrogen-bond donors (Lipinski definition) is 1. The molecule has 0 saturated carbocycles. The zero-order chi connectivity index (χ0) is 25.6. The molecule has 3 aromatic rings. The highest BCUT2D eigenvalue weighted by Gasteiger charge is 2.32. The monoisotopic (exact) mass is 490 g/mol. The Morgan fingerprint density at radius 1 is 0.914 bits per heavy atom. The Hall–Kier alpha value is -3.11. The van der Waals surface area contributed by atoms with Crippen molar-refractivity contribution in [3.8, 4) is 0 Å². The van der Waals surface area contributed by atoms with Gasteiger partial charge in [-0.15, -0.1) is 0 Å². The number of benzene rings is 3. The minimum absolute atomic E-state index is 0.0938. The second-order valence-corrected chi connectivity index (χ2v) is 10.6. The van der Waals surface area contributed by atoms with Crippen LogP contribution in [0.1, 0.15) is 48.6 Å². The maximum Gasteiger partial charge on any atom is 0.243 e. The summed E-state index contributed by atoms with van der Waals surface area (Å²) in [5.41, 5.74) is 4.59. The van der Waals surface area contributed by atoms with Crippen molar-refractivity contribution in [3.05, 3.63) is 106 Å². The van der Waals surface area contributed by atoms with E-state index < -0.39 is 11.6 Å². The van der Waals surface area contributed by atoms with E-state index in [0.717, 1.165) is 27.8 Å². The van der Waals surface area contributed by atoms with E-state index in [1.54, 1.807) is 11.0 Å². The van der Waals surface area contributed by atoms with Crippen molar-refractivity contribution >= 4 is 23.4 Å². The molecule has 1 N–H and O–H groups in total. The summed E-state index contributed by atoms with van der Waals surface area (Å²) >= 11 is 6.25. The number of aryl methyl sites for hydroxylation is 2. The van der Waals surface area contributed by atoms with E-state index in [4.69, 9.17) is 11.6 Å². The fourth-order valence-corrected chi connectivity index (χ4v) is 4.31. The van der Waals surface area contributed by atoms with E-state index in [2.05, 4.69) is 5.32 Å². The summed E-state index contributed by atoms with van der Waals surface area (Å²) in [7, 11) is 0. The quantitative estimate of drug-likeness (QED) is 0.417. The van der Waals surface area contributed by atoms with E-state index in [-0.39, 0.29) is 18.2 Å². The predicted octanol–water partition coefficient (Wildman–Crippen LogP) is 6.05. The Morgan fingerprint density at radius 2 is 1.60 bits per heavy atom. The van der Waals surface area contributed by atoms with Crippen LogP contribution in [0, 0.1) is 13.8 Å². The Balaban J connectivity index is 2.02. The number of carbonyl (C=O) groups excluding carboxylic acids is 2. The van der Waals surface area contributed by atoms with E-state index in [1.165, 1.54) is 0 Å². The summed E-state index contributed by atoms with van der Waals surface area (Å²) < 4.78 is 0. The molecule has 1 unspecified atom stereocenters. The minimum atomic E-state index is -0.673. The number of halogens is 1. The van der Waals surface area contributed by atoms with Crippen LogP contribution < -0.4 is 5.32 Å². The number of nitrogens with one attached hydrogen (secondary N) is 1. The first kappa shape index (κ1) is 26.5. The van der Waals surface area contributed by atoms with Gasteiger partial charge in [0.25, 0.3) is 0 Å². The molecule has 0 fully saturated rings. The highest BCUT2D eigenvalue weighted by atomic mass is 35.5. The predicted molar refractivity (Wildman–Crippen MR) is 143 cm³/mol. The van der Waals surface area contributed by atoms with Gasteiger partial charge in [0.05, 0.1) is 6.42 Å². The van der Waals surface area contributed by atoms with Crippen LogP contribution in [-0.2, 0) is 29.0 Å². The molecule has 0 heterocycles. The summed E-state index contributed by atoms with van der Waals surface area (Å²) in [6, 6.07) is 22.7. The molecule has 0 aliphatic carbocycles. The average molecular weight is 491 g/mol. The molecule has 2 amide bonds. The first-order chi connectivity index (χ1) is 16.5. The SMILES string of the molecule is Cc1ccc(C)c(CC(=O)N(Cc2cccc(Cl)c2)C(Cc2ccccc2)C(=O)NC(C)(C)C)c1. The zero-order valence-electron chi connectivity index (χ0n) is 21.3. The lowest BCUT2D eigenvalue weighted by atomic mass is 9.98.